The van der Waals surface area contributed by atoms with E-state index in [2.05, 4.69) is 43.4 Å². The molecule has 1 nitrogen and oxygen atoms in total. The Morgan fingerprint density at radius 3 is 2.88 bits per heavy atom. The lowest BCUT2D eigenvalue weighted by atomic mass is 9.91. The van der Waals surface area contributed by atoms with Gasteiger partial charge in [0.15, 0.2) is 0 Å². The van der Waals surface area contributed by atoms with E-state index in [1.807, 2.05) is 0 Å². The molecule has 0 aliphatic carbocycles. The first-order valence-electron chi connectivity index (χ1n) is 6.27. The summed E-state index contributed by atoms with van der Waals surface area (Å²) in [5, 5.41) is 3.65. The molecule has 0 aromatic heterocycles. The van der Waals surface area contributed by atoms with E-state index >= 15 is 0 Å². The number of hydrogen-bond donors (Lipinski definition) is 1. The second-order valence-electron chi connectivity index (χ2n) is 5.19. The van der Waals surface area contributed by atoms with Crippen molar-refractivity contribution in [3.63, 3.8) is 0 Å². The van der Waals surface area contributed by atoms with E-state index in [0.29, 0.717) is 6.04 Å². The van der Waals surface area contributed by atoms with Crippen molar-refractivity contribution in [3.8, 4) is 0 Å². The summed E-state index contributed by atoms with van der Waals surface area (Å²) in [6.45, 7) is 4.45. The van der Waals surface area contributed by atoms with Gasteiger partial charge in [-0.2, -0.15) is 0 Å². The van der Waals surface area contributed by atoms with Crippen LogP contribution in [0.4, 0.5) is 0 Å². The third-order valence-electron chi connectivity index (χ3n) is 4.10. The molecule has 2 atom stereocenters. The summed E-state index contributed by atoms with van der Waals surface area (Å²) in [5.41, 5.74) is 5.89. The normalized spacial score (nSPS) is 28.0. The molecule has 2 heterocycles. The Morgan fingerprint density at radius 1 is 1.19 bits per heavy atom. The van der Waals surface area contributed by atoms with Crippen molar-refractivity contribution < 1.29 is 0 Å². The number of rotatable bonds is 1. The first-order chi connectivity index (χ1) is 7.74. The van der Waals surface area contributed by atoms with Gasteiger partial charge in [-0.3, -0.25) is 0 Å². The second-order valence-corrected chi connectivity index (χ2v) is 5.19. The van der Waals surface area contributed by atoms with Crippen LogP contribution in [0.3, 0.4) is 0 Å². The van der Waals surface area contributed by atoms with E-state index in [1.165, 1.54) is 36.0 Å². The average Bonchev–Trinajstić information content (AvgIpc) is 2.62. The molecular weight excluding hydrogens is 194 g/mol. The number of aryl methyl sites for hydroxylation is 1. The third-order valence-corrected chi connectivity index (χ3v) is 4.10. The van der Waals surface area contributed by atoms with Crippen LogP contribution in [0, 0.1) is 13.8 Å². The van der Waals surface area contributed by atoms with Crippen LogP contribution >= 0.6 is 0 Å². The maximum Gasteiger partial charge on any atom is 0.0259 e. The van der Waals surface area contributed by atoms with E-state index in [0.717, 1.165) is 6.04 Å². The molecule has 0 radical (unpaired) electrons. The molecule has 16 heavy (non-hydrogen) atoms. The Kier molecular flexibility index (Phi) is 2.36. The minimum absolute atomic E-state index is 0.633. The van der Waals surface area contributed by atoms with Gasteiger partial charge >= 0.3 is 0 Å². The van der Waals surface area contributed by atoms with Gasteiger partial charge in [0.2, 0.25) is 0 Å². The van der Waals surface area contributed by atoms with Gasteiger partial charge in [-0.15, -0.1) is 0 Å². The second kappa shape index (κ2) is 3.74. The Hall–Kier alpha value is -1.08. The summed E-state index contributed by atoms with van der Waals surface area (Å²) in [7, 11) is 0. The highest BCUT2D eigenvalue weighted by molar-refractivity contribution is 5.71. The van der Waals surface area contributed by atoms with Crippen LogP contribution in [-0.4, -0.2) is 12.1 Å². The van der Waals surface area contributed by atoms with Crippen molar-refractivity contribution in [2.24, 2.45) is 0 Å². The van der Waals surface area contributed by atoms with Crippen LogP contribution in [0.25, 0.3) is 5.57 Å². The molecule has 84 valence electrons. The van der Waals surface area contributed by atoms with E-state index in [1.54, 1.807) is 5.57 Å². The van der Waals surface area contributed by atoms with E-state index in [4.69, 9.17) is 0 Å². The molecule has 1 heteroatoms. The van der Waals surface area contributed by atoms with Crippen molar-refractivity contribution in [1.29, 1.82) is 0 Å². The molecule has 2 unspecified atom stereocenters. The van der Waals surface area contributed by atoms with Gasteiger partial charge in [0.1, 0.15) is 0 Å². The minimum Gasteiger partial charge on any atom is -0.307 e. The zero-order chi connectivity index (χ0) is 11.1. The highest BCUT2D eigenvalue weighted by Gasteiger charge is 2.28. The highest BCUT2D eigenvalue weighted by Crippen LogP contribution is 2.33. The van der Waals surface area contributed by atoms with Crippen molar-refractivity contribution in [2.75, 3.05) is 0 Å². The standard InChI is InChI=1S/C15H19N/c1-10-4-3-5-15(11(10)2)12-8-13-6-7-14(9-12)16-13/h3-5,8,13-14,16H,6-7,9H2,1-2H3. The van der Waals surface area contributed by atoms with Gasteiger partial charge in [0, 0.05) is 12.1 Å². The molecule has 1 fully saturated rings. The predicted octanol–water partition coefficient (Wildman–Crippen LogP) is 3.21. The maximum absolute atomic E-state index is 3.65. The Bertz CT molecular complexity index is 445. The molecule has 0 saturated carbocycles. The molecule has 0 spiro atoms. The van der Waals surface area contributed by atoms with Crippen molar-refractivity contribution in [2.45, 2.75) is 45.2 Å². The monoisotopic (exact) mass is 213 g/mol. The average molecular weight is 213 g/mol. The lowest BCUT2D eigenvalue weighted by Crippen LogP contribution is -2.32. The van der Waals surface area contributed by atoms with Gasteiger partial charge in [0.05, 0.1) is 0 Å². The quantitative estimate of drug-likeness (QED) is 0.755. The zero-order valence-corrected chi connectivity index (χ0v) is 10.1. The predicted molar refractivity (Wildman–Crippen MR) is 68.5 cm³/mol. The van der Waals surface area contributed by atoms with Crippen LogP contribution in [-0.2, 0) is 0 Å². The highest BCUT2D eigenvalue weighted by atomic mass is 15.0. The summed E-state index contributed by atoms with van der Waals surface area (Å²) >= 11 is 0. The Morgan fingerprint density at radius 2 is 2.06 bits per heavy atom. The summed E-state index contributed by atoms with van der Waals surface area (Å²) < 4.78 is 0. The van der Waals surface area contributed by atoms with Gasteiger partial charge < -0.3 is 5.32 Å². The maximum atomic E-state index is 3.65. The van der Waals surface area contributed by atoms with Crippen LogP contribution in [0.15, 0.2) is 24.3 Å². The smallest absolute Gasteiger partial charge is 0.0259 e. The van der Waals surface area contributed by atoms with E-state index < -0.39 is 0 Å². The van der Waals surface area contributed by atoms with Crippen LogP contribution < -0.4 is 5.32 Å². The molecule has 1 N–H and O–H groups in total. The van der Waals surface area contributed by atoms with Gasteiger partial charge in [-0.05, 0) is 55.4 Å². The molecule has 0 amide bonds. The topological polar surface area (TPSA) is 12.0 Å². The van der Waals surface area contributed by atoms with Crippen molar-refractivity contribution >= 4 is 5.57 Å². The summed E-state index contributed by atoms with van der Waals surface area (Å²) in [4.78, 5) is 0. The molecule has 2 aliphatic heterocycles. The van der Waals surface area contributed by atoms with Crippen LogP contribution in [0.2, 0.25) is 0 Å². The largest absolute Gasteiger partial charge is 0.307 e. The first-order valence-corrected chi connectivity index (χ1v) is 6.27. The van der Waals surface area contributed by atoms with E-state index in [-0.39, 0.29) is 0 Å². The summed E-state index contributed by atoms with van der Waals surface area (Å²) in [6, 6.07) is 8.02. The van der Waals surface area contributed by atoms with Crippen LogP contribution in [0.1, 0.15) is 36.0 Å². The molecule has 1 saturated heterocycles. The fourth-order valence-electron chi connectivity index (χ4n) is 3.02. The molecule has 2 bridgehead atoms. The summed E-state index contributed by atoms with van der Waals surface area (Å²) in [5.74, 6) is 0. The number of nitrogens with one attached hydrogen (secondary N) is 1. The Labute approximate surface area is 97.6 Å². The Balaban J connectivity index is 2.01. The first kappa shape index (κ1) is 10.1. The molecule has 3 rings (SSSR count). The van der Waals surface area contributed by atoms with Gasteiger partial charge in [-0.25, -0.2) is 0 Å². The van der Waals surface area contributed by atoms with Gasteiger partial charge in [-0.1, -0.05) is 24.3 Å². The lowest BCUT2D eigenvalue weighted by Gasteiger charge is -2.23. The van der Waals surface area contributed by atoms with Crippen molar-refractivity contribution in [3.05, 3.63) is 41.0 Å². The van der Waals surface area contributed by atoms with Gasteiger partial charge in [0.25, 0.3) is 0 Å². The van der Waals surface area contributed by atoms with Crippen LogP contribution in [0.5, 0.6) is 0 Å². The third kappa shape index (κ3) is 1.60. The number of fused-ring (bicyclic) bond motifs is 2. The fourth-order valence-corrected chi connectivity index (χ4v) is 3.02. The summed E-state index contributed by atoms with van der Waals surface area (Å²) in [6.07, 6.45) is 6.32. The number of benzene rings is 1. The van der Waals surface area contributed by atoms with E-state index in [9.17, 15) is 0 Å². The molecule has 2 aliphatic rings. The minimum atomic E-state index is 0.633. The number of hydrogen-bond acceptors (Lipinski definition) is 1. The lowest BCUT2D eigenvalue weighted by molar-refractivity contribution is 0.575. The molecular formula is C15H19N. The molecule has 1 aromatic carbocycles. The SMILES string of the molecule is Cc1cccc(C2=CC3CCC(C2)N3)c1C. The van der Waals surface area contributed by atoms with Crippen molar-refractivity contribution in [1.82, 2.24) is 5.32 Å². The fraction of sp³-hybridized carbons (Fsp3) is 0.467. The zero-order valence-electron chi connectivity index (χ0n) is 10.1. The molecule has 1 aromatic rings.